The van der Waals surface area contributed by atoms with Crippen molar-refractivity contribution in [3.63, 3.8) is 0 Å². The Bertz CT molecular complexity index is 260. The highest BCUT2D eigenvalue weighted by molar-refractivity contribution is 5.62. The number of aliphatic hydroxyl groups is 1. The Kier molecular flexibility index (Phi) is 12.3. The van der Waals surface area contributed by atoms with Crippen LogP contribution in [0.3, 0.4) is 0 Å². The fraction of sp³-hybridized carbons (Fsp3) is 0.455. The number of aliphatic hydroxyl groups excluding tert-OH is 1. The van der Waals surface area contributed by atoms with Crippen molar-refractivity contribution in [2.24, 2.45) is 0 Å². The van der Waals surface area contributed by atoms with Crippen LogP contribution in [0.5, 0.6) is 0 Å². The number of carbonyl (C=O) groups is 1. The second kappa shape index (κ2) is 11.6. The highest BCUT2D eigenvalue weighted by atomic mass is 16.4. The van der Waals surface area contributed by atoms with Crippen LogP contribution in [-0.4, -0.2) is 33.2 Å². The molecule has 5 nitrogen and oxygen atoms in total. The summed E-state index contributed by atoms with van der Waals surface area (Å²) in [4.78, 5) is 13.2. The number of unbranched alkanes of at least 4 members (excludes halogenated alkanes) is 1. The molecular weight excluding hydrogens is 210 g/mol. The lowest BCUT2D eigenvalue weighted by Crippen LogP contribution is -1.90. The van der Waals surface area contributed by atoms with Gasteiger partial charge in [0.1, 0.15) is 0 Å². The summed E-state index contributed by atoms with van der Waals surface area (Å²) in [5.41, 5.74) is 1.11. The molecule has 1 aromatic rings. The molecule has 5 heteroatoms. The van der Waals surface area contributed by atoms with Gasteiger partial charge in [0, 0.05) is 25.4 Å². The normalized spacial score (nSPS) is 8.38. The summed E-state index contributed by atoms with van der Waals surface area (Å²) in [5.74, 6) is -0.833. The minimum absolute atomic E-state index is 0. The highest BCUT2D eigenvalue weighted by Gasteiger charge is 1.91. The summed E-state index contributed by atoms with van der Waals surface area (Å²) in [6.07, 6.45) is 4.67. The van der Waals surface area contributed by atoms with Gasteiger partial charge in [-0.25, -0.2) is 0 Å². The Hall–Kier alpha value is -1.46. The lowest BCUT2D eigenvalue weighted by molar-refractivity contribution is -0.134. The number of hydrogen-bond acceptors (Lipinski definition) is 3. The van der Waals surface area contributed by atoms with Crippen molar-refractivity contribution in [3.05, 3.63) is 30.1 Å². The van der Waals surface area contributed by atoms with E-state index < -0.39 is 5.97 Å². The van der Waals surface area contributed by atoms with Gasteiger partial charge in [-0.15, -0.1) is 0 Å². The van der Waals surface area contributed by atoms with Crippen LogP contribution in [-0.2, 0) is 11.2 Å². The fourth-order valence-corrected chi connectivity index (χ4v) is 0.964. The van der Waals surface area contributed by atoms with Crippen LogP contribution >= 0.6 is 0 Å². The third-order valence-electron chi connectivity index (χ3n) is 1.57. The summed E-state index contributed by atoms with van der Waals surface area (Å²) in [6, 6.07) is 5.91. The second-order valence-corrected chi connectivity index (χ2v) is 3.02. The van der Waals surface area contributed by atoms with Gasteiger partial charge in [0.25, 0.3) is 5.97 Å². The Morgan fingerprint density at radius 3 is 2.44 bits per heavy atom. The number of carboxylic acids is 1. The van der Waals surface area contributed by atoms with Crippen LogP contribution in [0.15, 0.2) is 24.4 Å². The molecule has 0 saturated heterocycles. The largest absolute Gasteiger partial charge is 0.481 e. The number of aryl methyl sites for hydroxylation is 1. The monoisotopic (exact) mass is 229 g/mol. The number of aromatic nitrogens is 1. The van der Waals surface area contributed by atoms with E-state index in [2.05, 4.69) is 4.98 Å². The zero-order chi connectivity index (χ0) is 11.5. The lowest BCUT2D eigenvalue weighted by Gasteiger charge is -1.96. The predicted octanol–water partition coefficient (Wildman–Crippen LogP) is 0.663. The maximum atomic E-state index is 9.00. The average molecular weight is 229 g/mol. The van der Waals surface area contributed by atoms with Gasteiger partial charge in [-0.2, -0.15) is 0 Å². The van der Waals surface area contributed by atoms with Crippen molar-refractivity contribution in [2.75, 3.05) is 6.61 Å². The molecule has 0 radical (unpaired) electrons. The SMILES string of the molecule is CC(=O)O.O.OCCCCc1ccccn1. The topological polar surface area (TPSA) is 102 Å². The number of hydrogen-bond donors (Lipinski definition) is 2. The van der Waals surface area contributed by atoms with Crippen molar-refractivity contribution >= 4 is 5.97 Å². The van der Waals surface area contributed by atoms with Crippen molar-refractivity contribution in [1.82, 2.24) is 4.98 Å². The zero-order valence-electron chi connectivity index (χ0n) is 9.39. The average Bonchev–Trinajstić information content (AvgIpc) is 2.19. The molecule has 0 aliphatic carbocycles. The van der Waals surface area contributed by atoms with E-state index in [0.717, 1.165) is 31.9 Å². The molecule has 0 saturated carbocycles. The van der Waals surface area contributed by atoms with E-state index in [9.17, 15) is 0 Å². The molecule has 92 valence electrons. The number of rotatable bonds is 4. The van der Waals surface area contributed by atoms with Gasteiger partial charge in [0.05, 0.1) is 0 Å². The van der Waals surface area contributed by atoms with Gasteiger partial charge in [0.2, 0.25) is 0 Å². The first-order valence-electron chi connectivity index (χ1n) is 4.87. The first-order chi connectivity index (χ1) is 7.16. The molecule has 0 aromatic carbocycles. The maximum Gasteiger partial charge on any atom is 0.300 e. The molecule has 1 heterocycles. The van der Waals surface area contributed by atoms with E-state index in [1.165, 1.54) is 0 Å². The summed E-state index contributed by atoms with van der Waals surface area (Å²) in [7, 11) is 0. The molecule has 0 spiro atoms. The molecule has 0 aliphatic heterocycles. The lowest BCUT2D eigenvalue weighted by atomic mass is 10.2. The number of aliphatic carboxylic acids is 1. The Morgan fingerprint density at radius 1 is 1.38 bits per heavy atom. The number of carboxylic acid groups (broad SMARTS) is 1. The molecule has 4 N–H and O–H groups in total. The second-order valence-electron chi connectivity index (χ2n) is 3.02. The summed E-state index contributed by atoms with van der Waals surface area (Å²) >= 11 is 0. The van der Waals surface area contributed by atoms with Crippen LogP contribution in [0.4, 0.5) is 0 Å². The van der Waals surface area contributed by atoms with Crippen molar-refractivity contribution in [2.45, 2.75) is 26.2 Å². The Balaban J connectivity index is 0. The molecule has 16 heavy (non-hydrogen) atoms. The molecule has 0 fully saturated rings. The molecule has 0 aliphatic rings. The molecular formula is C11H19NO4. The zero-order valence-corrected chi connectivity index (χ0v) is 9.39. The smallest absolute Gasteiger partial charge is 0.300 e. The van der Waals surface area contributed by atoms with Gasteiger partial charge in [-0.3, -0.25) is 9.78 Å². The van der Waals surface area contributed by atoms with Gasteiger partial charge in [0.15, 0.2) is 0 Å². The fourth-order valence-electron chi connectivity index (χ4n) is 0.964. The molecule has 0 bridgehead atoms. The first kappa shape index (κ1) is 17.0. The van der Waals surface area contributed by atoms with E-state index in [-0.39, 0.29) is 12.1 Å². The van der Waals surface area contributed by atoms with Crippen LogP contribution < -0.4 is 0 Å². The maximum absolute atomic E-state index is 9.00. The van der Waals surface area contributed by atoms with Crippen molar-refractivity contribution in [3.8, 4) is 0 Å². The quantitative estimate of drug-likeness (QED) is 0.740. The van der Waals surface area contributed by atoms with E-state index in [1.54, 1.807) is 6.20 Å². The van der Waals surface area contributed by atoms with E-state index in [1.807, 2.05) is 18.2 Å². The molecule has 0 atom stereocenters. The van der Waals surface area contributed by atoms with Crippen LogP contribution in [0, 0.1) is 0 Å². The van der Waals surface area contributed by atoms with E-state index in [4.69, 9.17) is 15.0 Å². The van der Waals surface area contributed by atoms with Gasteiger partial charge < -0.3 is 15.7 Å². The third kappa shape index (κ3) is 12.5. The highest BCUT2D eigenvalue weighted by Crippen LogP contribution is 1.99. The van der Waals surface area contributed by atoms with Crippen molar-refractivity contribution in [1.29, 1.82) is 0 Å². The van der Waals surface area contributed by atoms with Gasteiger partial charge in [-0.05, 0) is 31.4 Å². The molecule has 1 aromatic heterocycles. The van der Waals surface area contributed by atoms with Crippen molar-refractivity contribution < 1.29 is 20.5 Å². The standard InChI is InChI=1S/C9H13NO.C2H4O2.H2O/c11-8-4-2-6-9-5-1-3-7-10-9;1-2(3)4;/h1,3,5,7,11H,2,4,6,8H2;1H3,(H,3,4);1H2. The predicted molar refractivity (Wildman–Crippen MR) is 61.2 cm³/mol. The number of nitrogens with zero attached hydrogens (tertiary/aromatic N) is 1. The molecule has 0 amide bonds. The van der Waals surface area contributed by atoms with Crippen LogP contribution in [0.1, 0.15) is 25.5 Å². The molecule has 1 rings (SSSR count). The third-order valence-corrected chi connectivity index (χ3v) is 1.57. The summed E-state index contributed by atoms with van der Waals surface area (Å²) in [5, 5.41) is 15.9. The van der Waals surface area contributed by atoms with E-state index in [0.29, 0.717) is 0 Å². The minimum Gasteiger partial charge on any atom is -0.481 e. The Labute approximate surface area is 95.1 Å². The van der Waals surface area contributed by atoms with Crippen LogP contribution in [0.25, 0.3) is 0 Å². The van der Waals surface area contributed by atoms with Gasteiger partial charge in [-0.1, -0.05) is 6.07 Å². The summed E-state index contributed by atoms with van der Waals surface area (Å²) < 4.78 is 0. The number of pyridine rings is 1. The van der Waals surface area contributed by atoms with E-state index >= 15 is 0 Å². The Morgan fingerprint density at radius 2 is 2.00 bits per heavy atom. The summed E-state index contributed by atoms with van der Waals surface area (Å²) in [6.45, 7) is 1.37. The molecule has 0 unspecified atom stereocenters. The minimum atomic E-state index is -0.833. The van der Waals surface area contributed by atoms with Gasteiger partial charge >= 0.3 is 0 Å². The van der Waals surface area contributed by atoms with Crippen LogP contribution in [0.2, 0.25) is 0 Å². The first-order valence-corrected chi connectivity index (χ1v) is 4.87.